The summed E-state index contributed by atoms with van der Waals surface area (Å²) in [7, 11) is 1.22. The summed E-state index contributed by atoms with van der Waals surface area (Å²) in [6, 6.07) is 12.6. The molecule has 0 spiro atoms. The molecule has 23 heavy (non-hydrogen) atoms. The standard InChI is InChI=1S/C17H17NO5/c1-12-8-9-14(23-12)10-15(16(19)21-2)18-17(20)22-11-13-6-4-3-5-7-13/h3-10H,11H2,1-2H3,(H,18,20)/b15-10-. The second kappa shape index (κ2) is 7.84. The van der Waals surface area contributed by atoms with Crippen molar-refractivity contribution in [2.24, 2.45) is 0 Å². The van der Waals surface area contributed by atoms with E-state index in [4.69, 9.17) is 9.15 Å². The van der Waals surface area contributed by atoms with Crippen LogP contribution < -0.4 is 5.32 Å². The second-order valence-electron chi connectivity index (χ2n) is 4.68. The molecule has 1 N–H and O–H groups in total. The maximum Gasteiger partial charge on any atom is 0.412 e. The van der Waals surface area contributed by atoms with E-state index in [0.717, 1.165) is 5.56 Å². The first kappa shape index (κ1) is 16.4. The molecule has 0 bridgehead atoms. The van der Waals surface area contributed by atoms with Gasteiger partial charge in [-0.2, -0.15) is 0 Å². The Bertz CT molecular complexity index is 703. The molecule has 2 aromatic rings. The average molecular weight is 315 g/mol. The summed E-state index contributed by atoms with van der Waals surface area (Å²) >= 11 is 0. The molecule has 1 amide bonds. The summed E-state index contributed by atoms with van der Waals surface area (Å²) in [5.41, 5.74) is 0.771. The Labute approximate surface area is 133 Å². The summed E-state index contributed by atoms with van der Waals surface area (Å²) in [5.74, 6) is 0.411. The van der Waals surface area contributed by atoms with Gasteiger partial charge < -0.3 is 13.9 Å². The van der Waals surface area contributed by atoms with Crippen LogP contribution in [0.2, 0.25) is 0 Å². The predicted molar refractivity (Wildman–Crippen MR) is 83.2 cm³/mol. The number of furan rings is 1. The molecule has 1 aromatic carbocycles. The van der Waals surface area contributed by atoms with Crippen molar-refractivity contribution in [3.63, 3.8) is 0 Å². The van der Waals surface area contributed by atoms with Crippen molar-refractivity contribution in [1.29, 1.82) is 0 Å². The summed E-state index contributed by atoms with van der Waals surface area (Å²) in [5, 5.41) is 2.36. The highest BCUT2D eigenvalue weighted by Crippen LogP contribution is 2.11. The van der Waals surface area contributed by atoms with Gasteiger partial charge in [0.2, 0.25) is 0 Å². The quantitative estimate of drug-likeness (QED) is 0.678. The van der Waals surface area contributed by atoms with Gasteiger partial charge in [-0.3, -0.25) is 5.32 Å². The molecule has 120 valence electrons. The zero-order valence-electron chi connectivity index (χ0n) is 12.9. The lowest BCUT2D eigenvalue weighted by molar-refractivity contribution is -0.136. The molecule has 0 saturated heterocycles. The molecule has 1 aromatic heterocycles. The second-order valence-corrected chi connectivity index (χ2v) is 4.68. The third-order valence-electron chi connectivity index (χ3n) is 2.90. The van der Waals surface area contributed by atoms with Crippen molar-refractivity contribution >= 4 is 18.1 Å². The van der Waals surface area contributed by atoms with Crippen LogP contribution in [0, 0.1) is 6.92 Å². The highest BCUT2D eigenvalue weighted by molar-refractivity contribution is 5.96. The molecule has 0 aliphatic heterocycles. The Kier molecular flexibility index (Phi) is 5.57. The summed E-state index contributed by atoms with van der Waals surface area (Å²) in [6.07, 6.45) is 0.622. The fourth-order valence-corrected chi connectivity index (χ4v) is 1.80. The lowest BCUT2D eigenvalue weighted by atomic mass is 10.2. The van der Waals surface area contributed by atoms with Crippen LogP contribution in [0.1, 0.15) is 17.1 Å². The number of methoxy groups -OCH3 is 1. The smallest absolute Gasteiger partial charge is 0.412 e. The van der Waals surface area contributed by atoms with E-state index in [2.05, 4.69) is 10.1 Å². The van der Waals surface area contributed by atoms with Crippen molar-refractivity contribution in [2.45, 2.75) is 13.5 Å². The molecule has 0 unspecified atom stereocenters. The highest BCUT2D eigenvalue weighted by Gasteiger charge is 2.15. The predicted octanol–water partition coefficient (Wildman–Crippen LogP) is 3.03. The minimum Gasteiger partial charge on any atom is -0.464 e. The molecule has 1 heterocycles. The SMILES string of the molecule is COC(=O)/C(=C/c1ccc(C)o1)NC(=O)OCc1ccccc1. The molecule has 0 saturated carbocycles. The van der Waals surface area contributed by atoms with Gasteiger partial charge in [-0.1, -0.05) is 30.3 Å². The van der Waals surface area contributed by atoms with Crippen LogP contribution in [0.5, 0.6) is 0 Å². The Hall–Kier alpha value is -3.02. The van der Waals surface area contributed by atoms with Gasteiger partial charge in [-0.25, -0.2) is 9.59 Å². The van der Waals surface area contributed by atoms with Crippen LogP contribution in [0.4, 0.5) is 4.79 Å². The van der Waals surface area contributed by atoms with Gasteiger partial charge in [0.05, 0.1) is 7.11 Å². The Balaban J connectivity index is 2.01. The number of alkyl carbamates (subject to hydrolysis) is 1. The number of rotatable bonds is 5. The molecule has 0 atom stereocenters. The largest absolute Gasteiger partial charge is 0.464 e. The molecular formula is C17H17NO5. The van der Waals surface area contributed by atoms with Crippen molar-refractivity contribution < 1.29 is 23.5 Å². The molecular weight excluding hydrogens is 298 g/mol. The van der Waals surface area contributed by atoms with Gasteiger partial charge in [0, 0.05) is 6.08 Å². The van der Waals surface area contributed by atoms with Crippen LogP contribution >= 0.6 is 0 Å². The lowest BCUT2D eigenvalue weighted by Crippen LogP contribution is -2.28. The van der Waals surface area contributed by atoms with Gasteiger partial charge in [0.1, 0.15) is 23.8 Å². The molecule has 0 radical (unpaired) electrons. The number of carbonyl (C=O) groups excluding carboxylic acids is 2. The molecule has 6 nitrogen and oxygen atoms in total. The van der Waals surface area contributed by atoms with Crippen molar-refractivity contribution in [2.75, 3.05) is 7.11 Å². The minimum atomic E-state index is -0.756. The van der Waals surface area contributed by atoms with Gasteiger partial charge in [-0.15, -0.1) is 0 Å². The van der Waals surface area contributed by atoms with Crippen molar-refractivity contribution in [1.82, 2.24) is 5.32 Å². The maximum atomic E-state index is 11.8. The zero-order chi connectivity index (χ0) is 16.7. The number of carbonyl (C=O) groups is 2. The summed E-state index contributed by atoms with van der Waals surface area (Å²) in [4.78, 5) is 23.6. The number of nitrogens with one attached hydrogen (secondary N) is 1. The summed E-state index contributed by atoms with van der Waals surface area (Å²) in [6.45, 7) is 1.87. The van der Waals surface area contributed by atoms with Gasteiger partial charge in [-0.05, 0) is 24.6 Å². The summed E-state index contributed by atoms with van der Waals surface area (Å²) < 4.78 is 15.0. The molecule has 0 aliphatic rings. The highest BCUT2D eigenvalue weighted by atomic mass is 16.6. The van der Waals surface area contributed by atoms with E-state index in [-0.39, 0.29) is 12.3 Å². The van der Waals surface area contributed by atoms with E-state index in [1.807, 2.05) is 30.3 Å². The first-order valence-corrected chi connectivity index (χ1v) is 6.92. The first-order chi connectivity index (χ1) is 11.1. The normalized spacial score (nSPS) is 11.0. The van der Waals surface area contributed by atoms with E-state index >= 15 is 0 Å². The molecule has 2 rings (SSSR count). The van der Waals surface area contributed by atoms with E-state index < -0.39 is 12.1 Å². The Morgan fingerprint density at radius 1 is 1.17 bits per heavy atom. The molecule has 6 heteroatoms. The number of amides is 1. The van der Waals surface area contributed by atoms with Gasteiger partial charge in [0.25, 0.3) is 0 Å². The monoisotopic (exact) mass is 315 g/mol. The number of hydrogen-bond acceptors (Lipinski definition) is 5. The lowest BCUT2D eigenvalue weighted by Gasteiger charge is -2.08. The van der Waals surface area contributed by atoms with E-state index in [1.54, 1.807) is 19.1 Å². The van der Waals surface area contributed by atoms with Crippen LogP contribution in [0.15, 0.2) is 52.6 Å². The Morgan fingerprint density at radius 3 is 2.52 bits per heavy atom. The number of esters is 1. The first-order valence-electron chi connectivity index (χ1n) is 6.92. The third-order valence-corrected chi connectivity index (χ3v) is 2.90. The van der Waals surface area contributed by atoms with Gasteiger partial charge in [0.15, 0.2) is 0 Å². The van der Waals surface area contributed by atoms with Crippen LogP contribution in [-0.2, 0) is 20.9 Å². The molecule has 0 fully saturated rings. The van der Waals surface area contributed by atoms with Gasteiger partial charge >= 0.3 is 12.1 Å². The van der Waals surface area contributed by atoms with Crippen LogP contribution in [0.25, 0.3) is 6.08 Å². The van der Waals surface area contributed by atoms with Crippen LogP contribution in [0.3, 0.4) is 0 Å². The fraction of sp³-hybridized carbons (Fsp3) is 0.176. The zero-order valence-corrected chi connectivity index (χ0v) is 12.9. The van der Waals surface area contributed by atoms with Crippen molar-refractivity contribution in [3.05, 3.63) is 65.2 Å². The van der Waals surface area contributed by atoms with E-state index in [9.17, 15) is 9.59 Å². The van der Waals surface area contributed by atoms with E-state index in [1.165, 1.54) is 13.2 Å². The number of hydrogen-bond donors (Lipinski definition) is 1. The Morgan fingerprint density at radius 2 is 1.91 bits per heavy atom. The van der Waals surface area contributed by atoms with E-state index in [0.29, 0.717) is 11.5 Å². The third kappa shape index (κ3) is 5.03. The van der Waals surface area contributed by atoms with Crippen molar-refractivity contribution in [3.8, 4) is 0 Å². The van der Waals surface area contributed by atoms with Crippen LogP contribution in [-0.4, -0.2) is 19.2 Å². The minimum absolute atomic E-state index is 0.0695. The fourth-order valence-electron chi connectivity index (χ4n) is 1.80. The topological polar surface area (TPSA) is 77.8 Å². The number of ether oxygens (including phenoxy) is 2. The number of benzene rings is 1. The maximum absolute atomic E-state index is 11.8. The number of aryl methyl sites for hydroxylation is 1. The molecule has 0 aliphatic carbocycles. The average Bonchev–Trinajstić information content (AvgIpc) is 2.97.